The fraction of sp³-hybridized carbons (Fsp3) is 0.200. The Bertz CT molecular complexity index is 350. The highest BCUT2D eigenvalue weighted by Crippen LogP contribution is 2.25. The van der Waals surface area contributed by atoms with Crippen molar-refractivity contribution < 1.29 is 5.11 Å². The van der Waals surface area contributed by atoms with Gasteiger partial charge in [0.1, 0.15) is 5.75 Å². The number of hydrogen-bond acceptors (Lipinski definition) is 1. The normalized spacial score (nSPS) is 9.08. The number of aromatic hydroxyl groups is 1. The van der Waals surface area contributed by atoms with Crippen LogP contribution in [0.5, 0.6) is 5.75 Å². The van der Waals surface area contributed by atoms with E-state index in [1.54, 1.807) is 12.1 Å². The second-order valence-electron chi connectivity index (χ2n) is 2.38. The molecule has 1 aromatic carbocycles. The van der Waals surface area contributed by atoms with Crippen molar-refractivity contribution in [1.82, 2.24) is 0 Å². The highest BCUT2D eigenvalue weighted by atomic mass is 35.5. The van der Waals surface area contributed by atoms with Crippen LogP contribution in [0.3, 0.4) is 0 Å². The lowest BCUT2D eigenvalue weighted by Crippen LogP contribution is -1.77. The van der Waals surface area contributed by atoms with Crippen LogP contribution in [0.15, 0.2) is 18.2 Å². The van der Waals surface area contributed by atoms with Crippen LogP contribution >= 0.6 is 23.2 Å². The third-order valence-electron chi connectivity index (χ3n) is 1.42. The van der Waals surface area contributed by atoms with Crippen LogP contribution in [0.4, 0.5) is 0 Å². The Labute approximate surface area is 87.3 Å². The molecule has 0 atom stereocenters. The Morgan fingerprint density at radius 3 is 2.85 bits per heavy atom. The van der Waals surface area contributed by atoms with Crippen molar-refractivity contribution in [1.29, 1.82) is 0 Å². The predicted molar refractivity (Wildman–Crippen MR) is 55.3 cm³/mol. The van der Waals surface area contributed by atoms with Gasteiger partial charge in [0.2, 0.25) is 0 Å². The standard InChI is InChI=1S/C10H8Cl2O/c11-7-2-1-4-8-5-3-6-9(13)10(8)12/h3,5-6,13H,2,7H2. The lowest BCUT2D eigenvalue weighted by Gasteiger charge is -1.97. The van der Waals surface area contributed by atoms with E-state index in [9.17, 15) is 5.11 Å². The van der Waals surface area contributed by atoms with Gasteiger partial charge in [-0.3, -0.25) is 0 Å². The van der Waals surface area contributed by atoms with E-state index in [1.807, 2.05) is 0 Å². The zero-order valence-corrected chi connectivity index (χ0v) is 8.36. The Morgan fingerprint density at radius 1 is 1.38 bits per heavy atom. The van der Waals surface area contributed by atoms with Crippen LogP contribution < -0.4 is 0 Å². The Morgan fingerprint density at radius 2 is 2.15 bits per heavy atom. The van der Waals surface area contributed by atoms with Crippen LogP contribution in [0.2, 0.25) is 5.02 Å². The summed E-state index contributed by atoms with van der Waals surface area (Å²) in [6, 6.07) is 4.98. The van der Waals surface area contributed by atoms with Gasteiger partial charge in [-0.25, -0.2) is 0 Å². The van der Waals surface area contributed by atoms with E-state index in [0.717, 1.165) is 0 Å². The summed E-state index contributed by atoms with van der Waals surface area (Å²) in [7, 11) is 0. The molecule has 0 fully saturated rings. The summed E-state index contributed by atoms with van der Waals surface area (Å²) in [6.45, 7) is 0. The van der Waals surface area contributed by atoms with Gasteiger partial charge >= 0.3 is 0 Å². The summed E-state index contributed by atoms with van der Waals surface area (Å²) in [4.78, 5) is 0. The molecule has 68 valence electrons. The molecule has 0 amide bonds. The Balaban J connectivity index is 2.91. The van der Waals surface area contributed by atoms with E-state index in [2.05, 4.69) is 11.8 Å². The maximum Gasteiger partial charge on any atom is 0.135 e. The van der Waals surface area contributed by atoms with Gasteiger partial charge in [-0.2, -0.15) is 0 Å². The third-order valence-corrected chi connectivity index (χ3v) is 2.01. The number of rotatable bonds is 1. The third kappa shape index (κ3) is 2.84. The fourth-order valence-corrected chi connectivity index (χ4v) is 1.09. The minimum Gasteiger partial charge on any atom is -0.506 e. The monoisotopic (exact) mass is 214 g/mol. The van der Waals surface area contributed by atoms with Gasteiger partial charge in [-0.15, -0.1) is 11.6 Å². The van der Waals surface area contributed by atoms with Gasteiger partial charge in [0, 0.05) is 17.9 Å². The lowest BCUT2D eigenvalue weighted by atomic mass is 10.2. The molecule has 3 heteroatoms. The molecule has 0 spiro atoms. The summed E-state index contributed by atoms with van der Waals surface area (Å²) in [5, 5.41) is 9.53. The maximum absolute atomic E-state index is 9.23. The van der Waals surface area contributed by atoms with Gasteiger partial charge < -0.3 is 5.11 Å². The van der Waals surface area contributed by atoms with Crippen LogP contribution in [0.25, 0.3) is 0 Å². The first-order valence-corrected chi connectivity index (χ1v) is 4.69. The average Bonchev–Trinajstić information content (AvgIpc) is 2.13. The maximum atomic E-state index is 9.23. The Kier molecular flexibility index (Phi) is 3.95. The molecular formula is C10H8Cl2O. The molecule has 0 saturated carbocycles. The summed E-state index contributed by atoms with van der Waals surface area (Å²) < 4.78 is 0. The van der Waals surface area contributed by atoms with Crippen molar-refractivity contribution in [2.75, 3.05) is 5.88 Å². The number of phenols is 1. The second-order valence-corrected chi connectivity index (χ2v) is 3.14. The van der Waals surface area contributed by atoms with Crippen molar-refractivity contribution >= 4 is 23.2 Å². The zero-order valence-electron chi connectivity index (χ0n) is 6.85. The van der Waals surface area contributed by atoms with E-state index in [1.165, 1.54) is 6.07 Å². The van der Waals surface area contributed by atoms with Crippen LogP contribution in [-0.4, -0.2) is 11.0 Å². The van der Waals surface area contributed by atoms with E-state index < -0.39 is 0 Å². The molecule has 13 heavy (non-hydrogen) atoms. The minimum absolute atomic E-state index is 0.0549. The quantitative estimate of drug-likeness (QED) is 0.563. The van der Waals surface area contributed by atoms with E-state index in [-0.39, 0.29) is 5.75 Å². The highest BCUT2D eigenvalue weighted by molar-refractivity contribution is 6.33. The van der Waals surface area contributed by atoms with Gasteiger partial charge in [0.05, 0.1) is 5.02 Å². The Hall–Kier alpha value is -0.840. The number of benzene rings is 1. The molecule has 0 bridgehead atoms. The molecule has 1 N–H and O–H groups in total. The van der Waals surface area contributed by atoms with Gasteiger partial charge in [-0.1, -0.05) is 29.5 Å². The summed E-state index contributed by atoms with van der Waals surface area (Å²) >= 11 is 11.2. The van der Waals surface area contributed by atoms with Crippen molar-refractivity contribution in [2.45, 2.75) is 6.42 Å². The largest absolute Gasteiger partial charge is 0.506 e. The minimum atomic E-state index is 0.0549. The van der Waals surface area contributed by atoms with Gasteiger partial charge in [-0.05, 0) is 12.1 Å². The molecule has 1 nitrogen and oxygen atoms in total. The van der Waals surface area contributed by atoms with E-state index in [0.29, 0.717) is 22.9 Å². The van der Waals surface area contributed by atoms with Crippen LogP contribution in [-0.2, 0) is 0 Å². The highest BCUT2D eigenvalue weighted by Gasteiger charge is 2.00. The molecule has 1 rings (SSSR count). The van der Waals surface area contributed by atoms with Crippen molar-refractivity contribution in [3.05, 3.63) is 28.8 Å². The molecule has 0 aromatic heterocycles. The summed E-state index contributed by atoms with van der Waals surface area (Å²) in [6.07, 6.45) is 0.619. The first-order chi connectivity index (χ1) is 6.25. The zero-order chi connectivity index (χ0) is 9.68. The molecule has 0 aliphatic heterocycles. The van der Waals surface area contributed by atoms with Gasteiger partial charge in [0.15, 0.2) is 0 Å². The van der Waals surface area contributed by atoms with Gasteiger partial charge in [0.25, 0.3) is 0 Å². The van der Waals surface area contributed by atoms with Crippen molar-refractivity contribution in [3.63, 3.8) is 0 Å². The van der Waals surface area contributed by atoms with Crippen LogP contribution in [0.1, 0.15) is 12.0 Å². The topological polar surface area (TPSA) is 20.2 Å². The summed E-state index contributed by atoms with van der Waals surface area (Å²) in [5.41, 5.74) is 0.631. The number of phenolic OH excluding ortho intramolecular Hbond substituents is 1. The van der Waals surface area contributed by atoms with E-state index in [4.69, 9.17) is 23.2 Å². The smallest absolute Gasteiger partial charge is 0.135 e. The van der Waals surface area contributed by atoms with E-state index >= 15 is 0 Å². The molecular weight excluding hydrogens is 207 g/mol. The first kappa shape index (κ1) is 10.2. The first-order valence-electron chi connectivity index (χ1n) is 3.78. The molecule has 0 radical (unpaired) electrons. The molecule has 0 aliphatic rings. The predicted octanol–water partition coefficient (Wildman–Crippen LogP) is 3.03. The molecule has 0 heterocycles. The molecule has 0 unspecified atom stereocenters. The molecule has 0 saturated heterocycles. The second kappa shape index (κ2) is 5.01. The average molecular weight is 215 g/mol. The number of alkyl halides is 1. The lowest BCUT2D eigenvalue weighted by molar-refractivity contribution is 0.475. The molecule has 1 aromatic rings. The number of halogens is 2. The van der Waals surface area contributed by atoms with Crippen LogP contribution in [0, 0.1) is 11.8 Å². The molecule has 0 aliphatic carbocycles. The SMILES string of the molecule is Oc1cccc(C#CCCCl)c1Cl. The number of hydrogen-bond donors (Lipinski definition) is 1. The summed E-state index contributed by atoms with van der Waals surface area (Å²) in [5.74, 6) is 6.23. The van der Waals surface area contributed by atoms with Crippen molar-refractivity contribution in [3.8, 4) is 17.6 Å². The fourth-order valence-electron chi connectivity index (χ4n) is 0.821. The van der Waals surface area contributed by atoms with Crippen molar-refractivity contribution in [2.24, 2.45) is 0 Å².